The fraction of sp³-hybridized carbons (Fsp3) is 0.333. The summed E-state index contributed by atoms with van der Waals surface area (Å²) < 4.78 is 13.4. The molecular weight excluding hydrogens is 393 g/mol. The summed E-state index contributed by atoms with van der Waals surface area (Å²) >= 11 is 5.90. The van der Waals surface area contributed by atoms with Crippen LogP contribution in [0.25, 0.3) is 0 Å². The van der Waals surface area contributed by atoms with E-state index in [1.54, 1.807) is 12.1 Å². The highest BCUT2D eigenvalue weighted by molar-refractivity contribution is 6.30. The summed E-state index contributed by atoms with van der Waals surface area (Å²) in [6.07, 6.45) is -0.314. The van der Waals surface area contributed by atoms with Gasteiger partial charge in [0.05, 0.1) is 0 Å². The van der Waals surface area contributed by atoms with Crippen LogP contribution in [0.15, 0.2) is 53.5 Å². The summed E-state index contributed by atoms with van der Waals surface area (Å²) in [6, 6.07) is 12.3. The predicted molar refractivity (Wildman–Crippen MR) is 115 cm³/mol. The SMILES string of the molecule is CC(C)(C)NC(=NC(N)CC(N)c1ccc(Cl)cc1)NC(=O)c1cccc(F)c1. The van der Waals surface area contributed by atoms with E-state index in [9.17, 15) is 9.18 Å². The lowest BCUT2D eigenvalue weighted by atomic mass is 10.0. The van der Waals surface area contributed by atoms with Gasteiger partial charge in [0.1, 0.15) is 12.0 Å². The minimum absolute atomic E-state index is 0.180. The van der Waals surface area contributed by atoms with Gasteiger partial charge in [-0.3, -0.25) is 10.1 Å². The highest BCUT2D eigenvalue weighted by Gasteiger charge is 2.18. The smallest absolute Gasteiger partial charge is 0.258 e. The van der Waals surface area contributed by atoms with Gasteiger partial charge in [0.25, 0.3) is 5.91 Å². The largest absolute Gasteiger partial charge is 0.351 e. The number of rotatable bonds is 5. The molecule has 0 bridgehead atoms. The normalized spacial score (nSPS) is 14.2. The maximum atomic E-state index is 13.4. The van der Waals surface area contributed by atoms with Crippen molar-refractivity contribution in [1.29, 1.82) is 0 Å². The van der Waals surface area contributed by atoms with E-state index in [0.29, 0.717) is 11.4 Å². The van der Waals surface area contributed by atoms with Gasteiger partial charge in [-0.2, -0.15) is 0 Å². The van der Waals surface area contributed by atoms with Crippen LogP contribution in [0.2, 0.25) is 5.02 Å². The number of carbonyl (C=O) groups excluding carboxylic acids is 1. The molecule has 2 aromatic rings. The van der Waals surface area contributed by atoms with Crippen molar-refractivity contribution in [2.75, 3.05) is 0 Å². The van der Waals surface area contributed by atoms with Crippen molar-refractivity contribution in [2.45, 2.75) is 44.9 Å². The number of hydrogen-bond acceptors (Lipinski definition) is 4. The van der Waals surface area contributed by atoms with Gasteiger partial charge in [0, 0.05) is 28.6 Å². The van der Waals surface area contributed by atoms with Crippen LogP contribution in [0.3, 0.4) is 0 Å². The second-order valence-electron chi connectivity index (χ2n) is 7.78. The van der Waals surface area contributed by atoms with Crippen LogP contribution < -0.4 is 22.1 Å². The molecule has 0 spiro atoms. The number of guanidine groups is 1. The lowest BCUT2D eigenvalue weighted by Gasteiger charge is -2.25. The third kappa shape index (κ3) is 7.81. The highest BCUT2D eigenvalue weighted by atomic mass is 35.5. The first-order chi connectivity index (χ1) is 13.5. The third-order valence-electron chi connectivity index (χ3n) is 3.90. The molecule has 6 nitrogen and oxygen atoms in total. The number of nitrogens with two attached hydrogens (primary N) is 2. The van der Waals surface area contributed by atoms with Gasteiger partial charge in [-0.25, -0.2) is 9.38 Å². The fourth-order valence-corrected chi connectivity index (χ4v) is 2.71. The molecule has 0 radical (unpaired) electrons. The molecule has 0 aliphatic rings. The second-order valence-corrected chi connectivity index (χ2v) is 8.21. The number of nitrogens with zero attached hydrogens (tertiary/aromatic N) is 1. The first-order valence-corrected chi connectivity index (χ1v) is 9.61. The van der Waals surface area contributed by atoms with E-state index in [1.807, 2.05) is 32.9 Å². The zero-order valence-corrected chi connectivity index (χ0v) is 17.5. The fourth-order valence-electron chi connectivity index (χ4n) is 2.59. The minimum Gasteiger partial charge on any atom is -0.351 e. The Morgan fingerprint density at radius 1 is 1.17 bits per heavy atom. The molecule has 0 saturated heterocycles. The van der Waals surface area contributed by atoms with Crippen molar-refractivity contribution >= 4 is 23.5 Å². The van der Waals surface area contributed by atoms with Gasteiger partial charge in [0.2, 0.25) is 0 Å². The zero-order valence-electron chi connectivity index (χ0n) is 16.7. The molecule has 0 fully saturated rings. The van der Waals surface area contributed by atoms with E-state index in [4.69, 9.17) is 23.1 Å². The molecule has 1 amide bonds. The van der Waals surface area contributed by atoms with Gasteiger partial charge in [-0.05, 0) is 56.7 Å². The van der Waals surface area contributed by atoms with E-state index in [-0.39, 0.29) is 23.1 Å². The van der Waals surface area contributed by atoms with Crippen LogP contribution in [-0.4, -0.2) is 23.6 Å². The maximum Gasteiger partial charge on any atom is 0.258 e. The van der Waals surface area contributed by atoms with Crippen molar-refractivity contribution < 1.29 is 9.18 Å². The lowest BCUT2D eigenvalue weighted by Crippen LogP contribution is -2.50. The Labute approximate surface area is 175 Å². The van der Waals surface area contributed by atoms with Crippen LogP contribution in [-0.2, 0) is 0 Å². The molecule has 2 atom stereocenters. The van der Waals surface area contributed by atoms with Crippen LogP contribution in [0.1, 0.15) is 49.2 Å². The van der Waals surface area contributed by atoms with Crippen LogP contribution in [0.5, 0.6) is 0 Å². The van der Waals surface area contributed by atoms with E-state index in [1.165, 1.54) is 18.2 Å². The van der Waals surface area contributed by atoms with Crippen LogP contribution in [0.4, 0.5) is 4.39 Å². The number of amides is 1. The maximum absolute atomic E-state index is 13.4. The quantitative estimate of drug-likeness (QED) is 0.440. The molecule has 0 heterocycles. The standard InChI is InChI=1S/C21H27ClFN5O/c1-21(2,3)28-20(27-19(29)14-5-4-6-16(23)11-14)26-18(25)12-17(24)13-7-9-15(22)10-8-13/h4-11,17-18H,12,24-25H2,1-3H3,(H2,26,27,28,29). The average molecular weight is 420 g/mol. The molecule has 29 heavy (non-hydrogen) atoms. The van der Waals surface area contributed by atoms with Crippen molar-refractivity contribution in [3.05, 3.63) is 70.5 Å². The van der Waals surface area contributed by atoms with Crippen LogP contribution >= 0.6 is 11.6 Å². The molecule has 6 N–H and O–H groups in total. The van der Waals surface area contributed by atoms with Gasteiger partial charge >= 0.3 is 0 Å². The summed E-state index contributed by atoms with van der Waals surface area (Å²) in [7, 11) is 0. The zero-order chi connectivity index (χ0) is 21.6. The summed E-state index contributed by atoms with van der Waals surface area (Å²) in [5, 5.41) is 6.40. The third-order valence-corrected chi connectivity index (χ3v) is 4.15. The first-order valence-electron chi connectivity index (χ1n) is 9.23. The molecule has 2 aromatic carbocycles. The Bertz CT molecular complexity index is 864. The Kier molecular flexibility index (Phi) is 7.73. The Balaban J connectivity index is 2.13. The molecule has 0 aromatic heterocycles. The van der Waals surface area contributed by atoms with Gasteiger partial charge in [-0.1, -0.05) is 29.8 Å². The number of nitrogens with one attached hydrogen (secondary N) is 2. The topological polar surface area (TPSA) is 106 Å². The van der Waals surface area contributed by atoms with Gasteiger partial charge in [0.15, 0.2) is 5.96 Å². The summed E-state index contributed by atoms with van der Waals surface area (Å²) in [5.41, 5.74) is 13.1. The first kappa shape index (κ1) is 22.8. The Hall–Kier alpha value is -2.48. The van der Waals surface area contributed by atoms with Crippen molar-refractivity contribution in [1.82, 2.24) is 10.6 Å². The second kappa shape index (κ2) is 9.82. The molecule has 156 valence electrons. The predicted octanol–water partition coefficient (Wildman–Crippen LogP) is 3.33. The van der Waals surface area contributed by atoms with Gasteiger partial charge in [-0.15, -0.1) is 0 Å². The minimum atomic E-state index is -0.668. The Morgan fingerprint density at radius 2 is 1.83 bits per heavy atom. The summed E-state index contributed by atoms with van der Waals surface area (Å²) in [5.74, 6) is -0.790. The molecule has 2 rings (SSSR count). The van der Waals surface area contributed by atoms with E-state index < -0.39 is 17.9 Å². The summed E-state index contributed by atoms with van der Waals surface area (Å²) in [6.45, 7) is 5.76. The highest BCUT2D eigenvalue weighted by Crippen LogP contribution is 2.18. The van der Waals surface area contributed by atoms with E-state index >= 15 is 0 Å². The van der Waals surface area contributed by atoms with Crippen molar-refractivity contribution in [3.63, 3.8) is 0 Å². The molecule has 2 unspecified atom stereocenters. The molecule has 0 saturated carbocycles. The Morgan fingerprint density at radius 3 is 2.41 bits per heavy atom. The van der Waals surface area contributed by atoms with Crippen molar-refractivity contribution in [3.8, 4) is 0 Å². The number of aliphatic imine (C=N–C) groups is 1. The van der Waals surface area contributed by atoms with Crippen LogP contribution in [0, 0.1) is 5.82 Å². The number of hydrogen-bond donors (Lipinski definition) is 4. The molecule has 0 aliphatic carbocycles. The molecule has 0 aliphatic heterocycles. The molecular formula is C21H27ClFN5O. The number of halogens is 2. The van der Waals surface area contributed by atoms with Crippen molar-refractivity contribution in [2.24, 2.45) is 16.5 Å². The van der Waals surface area contributed by atoms with E-state index in [2.05, 4.69) is 15.6 Å². The summed E-state index contributed by atoms with van der Waals surface area (Å²) in [4.78, 5) is 16.9. The van der Waals surface area contributed by atoms with Gasteiger partial charge < -0.3 is 16.8 Å². The molecule has 8 heteroatoms. The lowest BCUT2D eigenvalue weighted by molar-refractivity contribution is 0.0974. The monoisotopic (exact) mass is 419 g/mol. The number of carbonyl (C=O) groups is 1. The average Bonchev–Trinajstić information content (AvgIpc) is 2.60. The van der Waals surface area contributed by atoms with E-state index in [0.717, 1.165) is 11.6 Å². The number of benzene rings is 2.